The fraction of sp³-hybridized carbons (Fsp3) is 0.415. The van der Waals surface area contributed by atoms with Crippen LogP contribution in [0.1, 0.15) is 83.1 Å². The molecule has 3 aromatic rings. The molecule has 0 amide bonds. The van der Waals surface area contributed by atoms with Crippen LogP contribution in [0.4, 0.5) is 0 Å². The van der Waals surface area contributed by atoms with Crippen LogP contribution in [-0.2, 0) is 33.6 Å². The van der Waals surface area contributed by atoms with Gasteiger partial charge in [0, 0.05) is 21.5 Å². The average Bonchev–Trinajstić information content (AvgIpc) is 3.29. The van der Waals surface area contributed by atoms with Crippen molar-refractivity contribution in [2.75, 3.05) is 14.1 Å². The van der Waals surface area contributed by atoms with Crippen LogP contribution in [0.5, 0.6) is 0 Å². The van der Waals surface area contributed by atoms with E-state index in [0.29, 0.717) is 11.8 Å². The zero-order chi connectivity index (χ0) is 34.8. The van der Waals surface area contributed by atoms with Gasteiger partial charge in [-0.05, 0) is 56.4 Å². The van der Waals surface area contributed by atoms with Gasteiger partial charge in [-0.3, -0.25) is 0 Å². The monoisotopic (exact) mass is 825 g/mol. The van der Waals surface area contributed by atoms with Gasteiger partial charge in [0.2, 0.25) is 0 Å². The Hall–Kier alpha value is -1.55. The molecule has 1 fully saturated rings. The molecule has 0 radical (unpaired) electrons. The van der Waals surface area contributed by atoms with Crippen LogP contribution >= 0.6 is 35.3 Å². The number of allylic oxidation sites excluding steroid dienone is 4. The molecule has 1 heterocycles. The van der Waals surface area contributed by atoms with Gasteiger partial charge in [0.25, 0.3) is 0 Å². The summed E-state index contributed by atoms with van der Waals surface area (Å²) in [6.07, 6.45) is 8.26. The van der Waals surface area contributed by atoms with Crippen molar-refractivity contribution in [3.8, 4) is 0 Å². The van der Waals surface area contributed by atoms with Gasteiger partial charge in [0.15, 0.2) is 0 Å². The van der Waals surface area contributed by atoms with Crippen LogP contribution in [0, 0.1) is 25.3 Å². The summed E-state index contributed by atoms with van der Waals surface area (Å²) in [4.78, 5) is 2.65. The summed E-state index contributed by atoms with van der Waals surface area (Å²) >= 11 is 3.28. The fourth-order valence-corrected chi connectivity index (χ4v) is 7.78. The first-order valence-corrected chi connectivity index (χ1v) is 21.9. The molecule has 5 rings (SSSR count). The van der Waals surface area contributed by atoms with Crippen molar-refractivity contribution in [3.63, 3.8) is 0 Å². The van der Waals surface area contributed by atoms with Gasteiger partial charge in [0.1, 0.15) is 6.54 Å². The van der Waals surface area contributed by atoms with E-state index in [1.165, 1.54) is 33.2 Å². The van der Waals surface area contributed by atoms with E-state index in [1.807, 2.05) is 6.07 Å². The summed E-state index contributed by atoms with van der Waals surface area (Å²) in [6.45, 7) is 22.9. The van der Waals surface area contributed by atoms with Crippen LogP contribution in [0.15, 0.2) is 107 Å². The van der Waals surface area contributed by atoms with Crippen molar-refractivity contribution in [2.45, 2.75) is 84.8 Å². The molecule has 3 aromatic carbocycles. The normalized spacial score (nSPS) is 21.9. The topological polar surface area (TPSA) is 3.24 Å². The molecule has 0 bridgehead atoms. The van der Waals surface area contributed by atoms with Gasteiger partial charge in [-0.25, -0.2) is 6.54 Å². The summed E-state index contributed by atoms with van der Waals surface area (Å²) < 4.78 is 2.10. The van der Waals surface area contributed by atoms with E-state index in [-0.39, 0.29) is 26.1 Å². The van der Waals surface area contributed by atoms with E-state index in [0.717, 1.165) is 36.0 Å². The van der Waals surface area contributed by atoms with E-state index in [9.17, 15) is 0 Å². The minimum absolute atomic E-state index is 0.0965. The quantitative estimate of drug-likeness (QED) is 0.124. The number of likely N-dealkylation sites (tertiary alicyclic amines) is 1. The molecule has 1 aliphatic heterocycles. The molecule has 3 atom stereocenters. The second kappa shape index (κ2) is 17.9. The van der Waals surface area contributed by atoms with Crippen molar-refractivity contribution in [1.29, 1.82) is 0 Å². The first-order valence-electron chi connectivity index (χ1n) is 16.6. The molecular weight excluding hydrogens is 772 g/mol. The Morgan fingerprint density at radius 1 is 0.915 bits per heavy atom. The second-order valence-electron chi connectivity index (χ2n) is 14.4. The van der Waals surface area contributed by atoms with Crippen LogP contribution in [0.2, 0.25) is 0 Å². The second-order valence-corrected chi connectivity index (χ2v) is 17.9. The Morgan fingerprint density at radius 3 is 2.04 bits per heavy atom. The van der Waals surface area contributed by atoms with Crippen molar-refractivity contribution in [3.05, 3.63) is 142 Å². The molecule has 1 saturated heterocycles. The Balaban J connectivity index is 0.000000243. The van der Waals surface area contributed by atoms with Crippen LogP contribution in [-0.4, -0.2) is 29.0 Å². The number of hydrogen-bond acceptors (Lipinski definition) is 1. The van der Waals surface area contributed by atoms with Crippen molar-refractivity contribution < 1.29 is 19.6 Å². The fourth-order valence-electron chi connectivity index (χ4n) is 7.37. The Kier molecular flexibility index (Phi) is 15.2. The minimum atomic E-state index is -0.346. The van der Waals surface area contributed by atoms with Crippen LogP contribution in [0.25, 0.3) is 0 Å². The molecule has 2 nitrogen and oxygen atoms in total. The number of nitrogens with zero attached hydrogens (tertiary/aromatic N) is 2. The maximum absolute atomic E-state index is 4.85. The summed E-state index contributed by atoms with van der Waals surface area (Å²) in [5.41, 5.74) is 8.54. The van der Waals surface area contributed by atoms with Crippen molar-refractivity contribution >= 4 is 35.3 Å². The zero-order valence-electron chi connectivity index (χ0n) is 29.5. The molecule has 3 unspecified atom stereocenters. The first kappa shape index (κ1) is 39.9. The van der Waals surface area contributed by atoms with Crippen molar-refractivity contribution in [2.24, 2.45) is 11.8 Å². The molecule has 0 saturated carbocycles. The Morgan fingerprint density at radius 2 is 1.47 bits per heavy atom. The third-order valence-electron chi connectivity index (χ3n) is 9.57. The predicted molar refractivity (Wildman–Crippen MR) is 204 cm³/mol. The summed E-state index contributed by atoms with van der Waals surface area (Å²) in [5.74, 6) is 1.23. The van der Waals surface area contributed by atoms with Gasteiger partial charge in [-0.15, -0.1) is 17.5 Å². The molecule has 1 aliphatic carbocycles. The first-order chi connectivity index (χ1) is 22.2. The molecule has 256 valence electrons. The van der Waals surface area contributed by atoms with Gasteiger partial charge in [-0.1, -0.05) is 122 Å². The summed E-state index contributed by atoms with van der Waals surface area (Å²) in [5, 5.41) is 0. The van der Waals surface area contributed by atoms with Crippen LogP contribution in [0.3, 0.4) is 0 Å². The number of benzene rings is 3. The molecular formula is C41H54BrCl2N2Ru+. The van der Waals surface area contributed by atoms with Gasteiger partial charge in [0.05, 0.1) is 20.6 Å². The van der Waals surface area contributed by atoms with E-state index >= 15 is 0 Å². The number of halogens is 3. The Bertz CT molecular complexity index is 1440. The average molecular weight is 827 g/mol. The van der Waals surface area contributed by atoms with E-state index in [4.69, 9.17) is 19.4 Å². The summed E-state index contributed by atoms with van der Waals surface area (Å²) in [7, 11) is 14.2. The third-order valence-corrected chi connectivity index (χ3v) is 10.3. The molecule has 0 spiro atoms. The molecule has 2 aliphatic rings. The van der Waals surface area contributed by atoms with E-state index < -0.39 is 0 Å². The standard InChI is InChI=1S/C24H34N.C17H20BrN.2ClH.Ru/c1-7-19-15-14-18(3)21(8-2)22(19)25-17-24(6,16-23(25,4)5)20-12-10-9-11-13-20;1-14-8-4-5-9-15(14)12-19(2,3)13-16-10-6-7-11-17(16)18;;;/h9-15,17-18,21H,7-8,16H2,1-6H3;4-11H,1,12-13H2,2-3H3;2*1H;/q-1;;;;+4/p-2. The van der Waals surface area contributed by atoms with Gasteiger partial charge >= 0.3 is 34.5 Å². The van der Waals surface area contributed by atoms with E-state index in [1.54, 1.807) is 5.70 Å². The molecule has 47 heavy (non-hydrogen) atoms. The van der Waals surface area contributed by atoms with Gasteiger partial charge in [-0.2, -0.15) is 18.6 Å². The predicted octanol–water partition coefficient (Wildman–Crippen LogP) is 12.3. The maximum atomic E-state index is 4.85. The molecule has 6 heteroatoms. The zero-order valence-corrected chi connectivity index (χ0v) is 34.4. The van der Waals surface area contributed by atoms with Gasteiger partial charge < -0.3 is 9.38 Å². The number of hydrogen-bond donors (Lipinski definition) is 0. The van der Waals surface area contributed by atoms with Crippen LogP contribution < -0.4 is 0 Å². The van der Waals surface area contributed by atoms with Crippen molar-refractivity contribution in [1.82, 2.24) is 4.90 Å². The third kappa shape index (κ3) is 10.7. The Labute approximate surface area is 311 Å². The summed E-state index contributed by atoms with van der Waals surface area (Å²) in [6, 6.07) is 27.8. The SMILES string of the molecule is CCC1=C(N2[CH-]C(C)(c3ccccc3)CC2(C)C)C(CC)C(C)C=C1.[CH2-]c1ccccc1C[N+](C)(C)Cc1ccccc1Br.[Cl][Ru+2][Cl]. The molecule has 0 N–H and O–H groups in total. The number of rotatable bonds is 8. The number of quaternary nitrogens is 1. The molecule has 0 aromatic heterocycles. The van der Waals surface area contributed by atoms with E-state index in [2.05, 4.69) is 175 Å².